The van der Waals surface area contributed by atoms with E-state index in [2.05, 4.69) is 54.1 Å². The van der Waals surface area contributed by atoms with Crippen LogP contribution in [0.2, 0.25) is 0 Å². The van der Waals surface area contributed by atoms with Crippen molar-refractivity contribution in [2.75, 3.05) is 0 Å². The lowest BCUT2D eigenvalue weighted by Crippen LogP contribution is -2.09. The van der Waals surface area contributed by atoms with E-state index in [-0.39, 0.29) is 5.56 Å². The molecule has 0 saturated carbocycles. The zero-order valence-corrected chi connectivity index (χ0v) is 14.2. The van der Waals surface area contributed by atoms with E-state index in [1.54, 1.807) is 6.07 Å². The van der Waals surface area contributed by atoms with Crippen molar-refractivity contribution in [1.29, 1.82) is 0 Å². The molecule has 0 aliphatic rings. The Hall–Kier alpha value is -3.20. The van der Waals surface area contributed by atoms with Gasteiger partial charge < -0.3 is 4.98 Å². The fourth-order valence-corrected chi connectivity index (χ4v) is 3.21. The van der Waals surface area contributed by atoms with Crippen LogP contribution in [0.25, 0.3) is 33.4 Å². The fraction of sp³-hybridized carbons (Fsp3) is 0.0909. The number of hydrogen-bond donors (Lipinski definition) is 1. The van der Waals surface area contributed by atoms with Gasteiger partial charge in [0.1, 0.15) is 5.82 Å². The number of aryl methyl sites for hydroxylation is 2. The van der Waals surface area contributed by atoms with Crippen LogP contribution in [0.5, 0.6) is 0 Å². The van der Waals surface area contributed by atoms with Crippen LogP contribution >= 0.6 is 0 Å². The highest BCUT2D eigenvalue weighted by Crippen LogP contribution is 2.26. The maximum Gasteiger partial charge on any atom is 0.259 e. The maximum absolute atomic E-state index is 12.3. The van der Waals surface area contributed by atoms with Gasteiger partial charge in [-0.05, 0) is 43.2 Å². The summed E-state index contributed by atoms with van der Waals surface area (Å²) in [6.45, 7) is 4.20. The minimum atomic E-state index is -0.114. The third-order valence-electron chi connectivity index (χ3n) is 4.30. The Morgan fingerprint density at radius 3 is 2.28 bits per heavy atom. The molecule has 4 aromatic rings. The molecule has 1 heterocycles. The van der Waals surface area contributed by atoms with Crippen molar-refractivity contribution in [2.24, 2.45) is 0 Å². The topological polar surface area (TPSA) is 45.8 Å². The number of nitrogens with one attached hydrogen (secondary N) is 1. The maximum atomic E-state index is 12.3. The largest absolute Gasteiger partial charge is 0.306 e. The summed E-state index contributed by atoms with van der Waals surface area (Å²) >= 11 is 0. The van der Waals surface area contributed by atoms with Crippen LogP contribution in [0.1, 0.15) is 11.1 Å². The first-order valence-corrected chi connectivity index (χ1v) is 8.28. The smallest absolute Gasteiger partial charge is 0.259 e. The first-order valence-electron chi connectivity index (χ1n) is 8.28. The zero-order chi connectivity index (χ0) is 17.4. The first-order chi connectivity index (χ1) is 12.1. The highest BCUT2D eigenvalue weighted by Gasteiger charge is 2.07. The molecule has 0 saturated heterocycles. The normalized spacial score (nSPS) is 11.0. The average Bonchev–Trinajstić information content (AvgIpc) is 2.61. The predicted octanol–water partition coefficient (Wildman–Crippen LogP) is 4.87. The molecule has 0 aliphatic carbocycles. The van der Waals surface area contributed by atoms with Gasteiger partial charge in [-0.25, -0.2) is 4.98 Å². The summed E-state index contributed by atoms with van der Waals surface area (Å²) in [6, 6.07) is 22.0. The van der Waals surface area contributed by atoms with E-state index in [4.69, 9.17) is 0 Å². The number of benzene rings is 3. The summed E-state index contributed by atoms with van der Waals surface area (Å²) in [5.41, 5.74) is 6.24. The lowest BCUT2D eigenvalue weighted by Gasteiger charge is -2.08. The van der Waals surface area contributed by atoms with E-state index in [1.807, 2.05) is 30.3 Å². The Balaban J connectivity index is 1.86. The molecular formula is C22H18N2O. The van der Waals surface area contributed by atoms with Crippen molar-refractivity contribution in [3.8, 4) is 22.5 Å². The van der Waals surface area contributed by atoms with Gasteiger partial charge in [0.25, 0.3) is 5.56 Å². The van der Waals surface area contributed by atoms with Crippen LogP contribution < -0.4 is 5.56 Å². The number of hydrogen-bond acceptors (Lipinski definition) is 2. The molecule has 0 radical (unpaired) electrons. The summed E-state index contributed by atoms with van der Waals surface area (Å²) < 4.78 is 0. The molecule has 3 heteroatoms. The highest BCUT2D eigenvalue weighted by molar-refractivity contribution is 5.80. The number of para-hydroxylation sites is 1. The van der Waals surface area contributed by atoms with Crippen LogP contribution in [0, 0.1) is 13.8 Å². The minimum Gasteiger partial charge on any atom is -0.306 e. The van der Waals surface area contributed by atoms with Gasteiger partial charge in [-0.2, -0.15) is 0 Å². The number of fused-ring (bicyclic) bond motifs is 1. The predicted molar refractivity (Wildman–Crippen MR) is 103 cm³/mol. The van der Waals surface area contributed by atoms with Crippen molar-refractivity contribution in [1.82, 2.24) is 9.97 Å². The molecule has 3 aromatic carbocycles. The van der Waals surface area contributed by atoms with Gasteiger partial charge in [0.2, 0.25) is 0 Å². The van der Waals surface area contributed by atoms with Crippen molar-refractivity contribution < 1.29 is 0 Å². The molecule has 0 atom stereocenters. The van der Waals surface area contributed by atoms with Gasteiger partial charge in [0, 0.05) is 5.56 Å². The Kier molecular flexibility index (Phi) is 3.69. The molecule has 0 bridgehead atoms. The third kappa shape index (κ3) is 2.96. The Morgan fingerprint density at radius 2 is 1.48 bits per heavy atom. The molecule has 0 unspecified atom stereocenters. The molecule has 4 rings (SSSR count). The van der Waals surface area contributed by atoms with Gasteiger partial charge >= 0.3 is 0 Å². The molecule has 0 fully saturated rings. The van der Waals surface area contributed by atoms with Gasteiger partial charge in [-0.3, -0.25) is 4.79 Å². The number of nitrogens with zero attached hydrogens (tertiary/aromatic N) is 1. The average molecular weight is 326 g/mol. The van der Waals surface area contributed by atoms with Crippen molar-refractivity contribution in [3.05, 3.63) is 88.2 Å². The molecule has 1 N–H and O–H groups in total. The molecule has 3 nitrogen and oxygen atoms in total. The fourth-order valence-electron chi connectivity index (χ4n) is 3.21. The monoisotopic (exact) mass is 326 g/mol. The summed E-state index contributed by atoms with van der Waals surface area (Å²) in [5, 5.41) is 0.608. The Bertz CT molecular complexity index is 1120. The molecule has 25 heavy (non-hydrogen) atoms. The quantitative estimate of drug-likeness (QED) is 0.571. The highest BCUT2D eigenvalue weighted by atomic mass is 16.1. The second-order valence-electron chi connectivity index (χ2n) is 6.39. The van der Waals surface area contributed by atoms with Crippen LogP contribution in [0.3, 0.4) is 0 Å². The first kappa shape index (κ1) is 15.3. The van der Waals surface area contributed by atoms with Gasteiger partial charge in [0.05, 0.1) is 10.9 Å². The van der Waals surface area contributed by atoms with E-state index in [1.165, 1.54) is 16.7 Å². The van der Waals surface area contributed by atoms with E-state index >= 15 is 0 Å². The number of aromatic nitrogens is 2. The van der Waals surface area contributed by atoms with Crippen LogP contribution in [-0.2, 0) is 0 Å². The van der Waals surface area contributed by atoms with E-state index < -0.39 is 0 Å². The SMILES string of the molecule is Cc1cc(C)cc(-c2cccc(-c3nc4ccccc4c(=O)[nH]3)c2)c1. The van der Waals surface area contributed by atoms with Crippen molar-refractivity contribution >= 4 is 10.9 Å². The lowest BCUT2D eigenvalue weighted by atomic mass is 9.99. The lowest BCUT2D eigenvalue weighted by molar-refractivity contribution is 1.18. The van der Waals surface area contributed by atoms with Gasteiger partial charge in [0.15, 0.2) is 0 Å². The Labute approximate surface area is 146 Å². The molecule has 0 spiro atoms. The third-order valence-corrected chi connectivity index (χ3v) is 4.30. The summed E-state index contributed by atoms with van der Waals surface area (Å²) in [5.74, 6) is 0.593. The second-order valence-corrected chi connectivity index (χ2v) is 6.39. The van der Waals surface area contributed by atoms with E-state index in [0.717, 1.165) is 11.1 Å². The molecule has 122 valence electrons. The van der Waals surface area contributed by atoms with Crippen molar-refractivity contribution in [3.63, 3.8) is 0 Å². The summed E-state index contributed by atoms with van der Waals surface area (Å²) in [7, 11) is 0. The Morgan fingerprint density at radius 1 is 0.760 bits per heavy atom. The minimum absolute atomic E-state index is 0.114. The standard InChI is InChI=1S/C22H18N2O/c1-14-10-15(2)12-18(11-14)16-6-5-7-17(13-16)21-23-20-9-4-3-8-19(20)22(25)24-21/h3-13H,1-2H3,(H,23,24,25). The van der Waals surface area contributed by atoms with Gasteiger partial charge in [-0.1, -0.05) is 59.7 Å². The summed E-state index contributed by atoms with van der Waals surface area (Å²) in [4.78, 5) is 19.8. The molecular weight excluding hydrogens is 308 g/mol. The van der Waals surface area contributed by atoms with Crippen LogP contribution in [0.15, 0.2) is 71.5 Å². The van der Waals surface area contributed by atoms with Crippen molar-refractivity contribution in [2.45, 2.75) is 13.8 Å². The van der Waals surface area contributed by atoms with E-state index in [0.29, 0.717) is 16.7 Å². The van der Waals surface area contributed by atoms with Gasteiger partial charge in [-0.15, -0.1) is 0 Å². The number of H-pyrrole nitrogens is 1. The number of aromatic amines is 1. The molecule has 0 amide bonds. The summed E-state index contributed by atoms with van der Waals surface area (Å²) in [6.07, 6.45) is 0. The van der Waals surface area contributed by atoms with Crippen LogP contribution in [0.4, 0.5) is 0 Å². The molecule has 0 aliphatic heterocycles. The van der Waals surface area contributed by atoms with E-state index in [9.17, 15) is 4.79 Å². The zero-order valence-electron chi connectivity index (χ0n) is 14.2. The van der Waals surface area contributed by atoms with Crippen LogP contribution in [-0.4, -0.2) is 9.97 Å². The molecule has 1 aromatic heterocycles. The second kappa shape index (κ2) is 6.02. The number of rotatable bonds is 2.